The van der Waals surface area contributed by atoms with Crippen molar-refractivity contribution in [1.82, 2.24) is 9.62 Å². The minimum absolute atomic E-state index is 0.0178. The first kappa shape index (κ1) is 18.8. The van der Waals surface area contributed by atoms with Crippen LogP contribution in [-0.4, -0.2) is 31.4 Å². The summed E-state index contributed by atoms with van der Waals surface area (Å²) in [6, 6.07) is 8.23. The standard InChI is InChI=1S/C15H16Cl2N2O4S/c1-24(21,22)19(9-11-4-5-13(16)14(17)7-11)10-15(20)18-8-12-3-2-6-23-12/h2-7H,8-10H2,1H3,(H,18,20). The van der Waals surface area contributed by atoms with Crippen LogP contribution < -0.4 is 5.32 Å². The van der Waals surface area contributed by atoms with Gasteiger partial charge in [0.2, 0.25) is 15.9 Å². The molecule has 0 unspecified atom stereocenters. The van der Waals surface area contributed by atoms with Gasteiger partial charge >= 0.3 is 0 Å². The van der Waals surface area contributed by atoms with Crippen LogP contribution in [0.5, 0.6) is 0 Å². The lowest BCUT2D eigenvalue weighted by atomic mass is 10.2. The fraction of sp³-hybridized carbons (Fsp3) is 0.267. The van der Waals surface area contributed by atoms with Crippen molar-refractivity contribution in [3.63, 3.8) is 0 Å². The Morgan fingerprint density at radius 2 is 2.00 bits per heavy atom. The van der Waals surface area contributed by atoms with E-state index in [9.17, 15) is 13.2 Å². The number of furan rings is 1. The molecule has 130 valence electrons. The number of amides is 1. The molecular weight excluding hydrogens is 375 g/mol. The van der Waals surface area contributed by atoms with Crippen LogP contribution in [0.1, 0.15) is 11.3 Å². The number of sulfonamides is 1. The van der Waals surface area contributed by atoms with Crippen molar-refractivity contribution in [2.24, 2.45) is 0 Å². The zero-order valence-corrected chi connectivity index (χ0v) is 15.2. The maximum absolute atomic E-state index is 12.0. The van der Waals surface area contributed by atoms with E-state index < -0.39 is 15.9 Å². The van der Waals surface area contributed by atoms with Crippen molar-refractivity contribution in [3.8, 4) is 0 Å². The third-order valence-corrected chi connectivity index (χ3v) is 5.11. The van der Waals surface area contributed by atoms with Crippen molar-refractivity contribution >= 4 is 39.1 Å². The Morgan fingerprint density at radius 1 is 1.25 bits per heavy atom. The van der Waals surface area contributed by atoms with Crippen molar-refractivity contribution < 1.29 is 17.6 Å². The first-order chi connectivity index (χ1) is 11.3. The zero-order chi connectivity index (χ0) is 17.7. The molecule has 0 bridgehead atoms. The third-order valence-electron chi connectivity index (χ3n) is 3.17. The number of hydrogen-bond acceptors (Lipinski definition) is 4. The lowest BCUT2D eigenvalue weighted by Crippen LogP contribution is -2.39. The molecule has 1 aromatic carbocycles. The average Bonchev–Trinajstić information content (AvgIpc) is 3.00. The predicted molar refractivity (Wildman–Crippen MR) is 92.3 cm³/mol. The summed E-state index contributed by atoms with van der Waals surface area (Å²) in [6.45, 7) is -0.0973. The minimum atomic E-state index is -3.58. The van der Waals surface area contributed by atoms with Crippen LogP contribution in [0.4, 0.5) is 0 Å². The molecule has 1 amide bonds. The van der Waals surface area contributed by atoms with Crippen LogP contribution in [0.3, 0.4) is 0 Å². The van der Waals surface area contributed by atoms with Crippen LogP contribution >= 0.6 is 23.2 Å². The maximum Gasteiger partial charge on any atom is 0.235 e. The summed E-state index contributed by atoms with van der Waals surface area (Å²) in [7, 11) is -3.58. The molecule has 0 aliphatic rings. The van der Waals surface area contributed by atoms with Gasteiger partial charge in [-0.05, 0) is 29.8 Å². The molecule has 0 fully saturated rings. The second-order valence-corrected chi connectivity index (χ2v) is 7.93. The first-order valence-corrected chi connectivity index (χ1v) is 9.54. The molecule has 0 aliphatic carbocycles. The average molecular weight is 391 g/mol. The Bertz CT molecular complexity index is 807. The molecular formula is C15H16Cl2N2O4S. The van der Waals surface area contributed by atoms with E-state index in [-0.39, 0.29) is 19.6 Å². The summed E-state index contributed by atoms with van der Waals surface area (Å²) in [5, 5.41) is 3.31. The number of nitrogens with zero attached hydrogens (tertiary/aromatic N) is 1. The lowest BCUT2D eigenvalue weighted by Gasteiger charge is -2.19. The third kappa shape index (κ3) is 5.52. The van der Waals surface area contributed by atoms with Crippen molar-refractivity contribution in [3.05, 3.63) is 58.0 Å². The Kier molecular flexibility index (Phi) is 6.28. The van der Waals surface area contributed by atoms with E-state index in [1.807, 2.05) is 0 Å². The largest absolute Gasteiger partial charge is 0.467 e. The Morgan fingerprint density at radius 3 is 2.58 bits per heavy atom. The molecule has 1 N–H and O–H groups in total. The Labute approximate surface area is 150 Å². The number of carbonyl (C=O) groups excluding carboxylic acids is 1. The van der Waals surface area contributed by atoms with Crippen LogP contribution in [0, 0.1) is 0 Å². The van der Waals surface area contributed by atoms with Gasteiger partial charge < -0.3 is 9.73 Å². The number of carbonyl (C=O) groups is 1. The molecule has 0 saturated carbocycles. The number of nitrogens with one attached hydrogen (secondary N) is 1. The molecule has 9 heteroatoms. The number of benzene rings is 1. The molecule has 0 saturated heterocycles. The van der Waals surface area contributed by atoms with Gasteiger partial charge in [-0.1, -0.05) is 29.3 Å². The van der Waals surface area contributed by atoms with Crippen LogP contribution in [0.25, 0.3) is 0 Å². The minimum Gasteiger partial charge on any atom is -0.467 e. The highest BCUT2D eigenvalue weighted by atomic mass is 35.5. The van der Waals surface area contributed by atoms with E-state index in [4.69, 9.17) is 27.6 Å². The van der Waals surface area contributed by atoms with E-state index in [0.717, 1.165) is 10.6 Å². The van der Waals surface area contributed by atoms with Crippen molar-refractivity contribution in [2.45, 2.75) is 13.1 Å². The summed E-state index contributed by atoms with van der Waals surface area (Å²) >= 11 is 11.8. The molecule has 0 atom stereocenters. The van der Waals surface area contributed by atoms with Gasteiger partial charge in [-0.25, -0.2) is 8.42 Å². The SMILES string of the molecule is CS(=O)(=O)N(CC(=O)NCc1ccco1)Cc1ccc(Cl)c(Cl)c1. The molecule has 6 nitrogen and oxygen atoms in total. The molecule has 24 heavy (non-hydrogen) atoms. The smallest absolute Gasteiger partial charge is 0.235 e. The monoisotopic (exact) mass is 390 g/mol. The molecule has 0 radical (unpaired) electrons. The summed E-state index contributed by atoms with van der Waals surface area (Å²) in [5.74, 6) is 0.149. The topological polar surface area (TPSA) is 79.6 Å². The summed E-state index contributed by atoms with van der Waals surface area (Å²) in [5.41, 5.74) is 0.633. The van der Waals surface area contributed by atoms with E-state index in [2.05, 4.69) is 5.32 Å². The maximum atomic E-state index is 12.0. The van der Waals surface area contributed by atoms with Gasteiger partial charge in [-0.15, -0.1) is 0 Å². The van der Waals surface area contributed by atoms with Gasteiger partial charge in [-0.2, -0.15) is 4.31 Å². The molecule has 2 rings (SSSR count). The second kappa shape index (κ2) is 8.02. The van der Waals surface area contributed by atoms with E-state index >= 15 is 0 Å². The van der Waals surface area contributed by atoms with Crippen molar-refractivity contribution in [2.75, 3.05) is 12.8 Å². The highest BCUT2D eigenvalue weighted by Crippen LogP contribution is 2.23. The van der Waals surface area contributed by atoms with Crippen LogP contribution in [-0.2, 0) is 27.9 Å². The van der Waals surface area contributed by atoms with E-state index in [0.29, 0.717) is 21.4 Å². The number of rotatable bonds is 7. The summed E-state index contributed by atoms with van der Waals surface area (Å²) in [4.78, 5) is 12.0. The van der Waals surface area contributed by atoms with Gasteiger partial charge in [0.15, 0.2) is 0 Å². The van der Waals surface area contributed by atoms with Crippen LogP contribution in [0.15, 0.2) is 41.0 Å². The number of hydrogen-bond donors (Lipinski definition) is 1. The van der Waals surface area contributed by atoms with Gasteiger partial charge in [-0.3, -0.25) is 4.79 Å². The quantitative estimate of drug-likeness (QED) is 0.787. The lowest BCUT2D eigenvalue weighted by molar-refractivity contribution is -0.121. The molecule has 2 aromatic rings. The van der Waals surface area contributed by atoms with Gasteiger partial charge in [0.25, 0.3) is 0 Å². The van der Waals surface area contributed by atoms with Gasteiger partial charge in [0.1, 0.15) is 5.76 Å². The van der Waals surface area contributed by atoms with Gasteiger partial charge in [0.05, 0.1) is 35.7 Å². The fourth-order valence-electron chi connectivity index (χ4n) is 1.95. The summed E-state index contributed by atoms with van der Waals surface area (Å²) < 4.78 is 30.0. The normalized spacial score (nSPS) is 11.7. The Balaban J connectivity index is 2.02. The van der Waals surface area contributed by atoms with E-state index in [1.165, 1.54) is 6.26 Å². The zero-order valence-electron chi connectivity index (χ0n) is 12.8. The predicted octanol–water partition coefficient (Wildman–Crippen LogP) is 2.66. The van der Waals surface area contributed by atoms with Crippen molar-refractivity contribution in [1.29, 1.82) is 0 Å². The highest BCUT2D eigenvalue weighted by molar-refractivity contribution is 7.88. The molecule has 1 aromatic heterocycles. The second-order valence-electron chi connectivity index (χ2n) is 5.14. The summed E-state index contributed by atoms with van der Waals surface area (Å²) in [6.07, 6.45) is 2.54. The fourth-order valence-corrected chi connectivity index (χ4v) is 3.00. The van der Waals surface area contributed by atoms with E-state index in [1.54, 1.807) is 30.3 Å². The molecule has 0 spiro atoms. The highest BCUT2D eigenvalue weighted by Gasteiger charge is 2.21. The number of halogens is 2. The van der Waals surface area contributed by atoms with Crippen LogP contribution in [0.2, 0.25) is 10.0 Å². The van der Waals surface area contributed by atoms with Gasteiger partial charge in [0, 0.05) is 6.54 Å². The molecule has 1 heterocycles. The molecule has 0 aliphatic heterocycles. The Hall–Kier alpha value is -1.54. The first-order valence-electron chi connectivity index (χ1n) is 6.94.